The first kappa shape index (κ1) is 15.6. The van der Waals surface area contributed by atoms with Gasteiger partial charge >= 0.3 is 0 Å². The van der Waals surface area contributed by atoms with Crippen LogP contribution in [0.2, 0.25) is 0 Å². The molecule has 1 rings (SSSR count). The standard InChI is InChI=1S/C12H18BrNO3S/c1-3-6-14(7-8-15)18(16,17)12-9-11(13)5-4-10(12)2/h4-5,9,15H,3,6-8H2,1-2H3. The number of halogens is 1. The molecule has 0 atom stereocenters. The number of sulfonamides is 1. The summed E-state index contributed by atoms with van der Waals surface area (Å²) in [7, 11) is -3.54. The first-order chi connectivity index (χ1) is 8.43. The zero-order chi connectivity index (χ0) is 13.8. The Morgan fingerprint density at radius 3 is 2.56 bits per heavy atom. The van der Waals surface area contributed by atoms with Gasteiger partial charge in [-0.2, -0.15) is 4.31 Å². The van der Waals surface area contributed by atoms with Crippen LogP contribution in [0.4, 0.5) is 0 Å². The molecule has 0 heterocycles. The van der Waals surface area contributed by atoms with Gasteiger partial charge in [0.2, 0.25) is 10.0 Å². The summed E-state index contributed by atoms with van der Waals surface area (Å²) in [6.45, 7) is 4.04. The SMILES string of the molecule is CCCN(CCO)S(=O)(=O)c1cc(Br)ccc1C. The number of nitrogens with zero attached hydrogens (tertiary/aromatic N) is 1. The Bertz CT molecular complexity index is 496. The number of aliphatic hydroxyl groups excluding tert-OH is 1. The monoisotopic (exact) mass is 335 g/mol. The molecule has 1 aromatic rings. The molecule has 0 fully saturated rings. The minimum atomic E-state index is -3.54. The van der Waals surface area contributed by atoms with Crippen molar-refractivity contribution in [3.8, 4) is 0 Å². The van der Waals surface area contributed by atoms with E-state index in [1.807, 2.05) is 13.0 Å². The predicted molar refractivity (Wildman–Crippen MR) is 75.0 cm³/mol. The molecule has 0 saturated carbocycles. The van der Waals surface area contributed by atoms with E-state index in [2.05, 4.69) is 15.9 Å². The molecule has 0 amide bonds. The fourth-order valence-electron chi connectivity index (χ4n) is 1.70. The van der Waals surface area contributed by atoms with Gasteiger partial charge in [0.25, 0.3) is 0 Å². The normalized spacial score (nSPS) is 12.1. The molecular formula is C12H18BrNO3S. The average molecular weight is 336 g/mol. The third-order valence-corrected chi connectivity index (χ3v) is 5.12. The Balaban J connectivity index is 3.21. The van der Waals surface area contributed by atoms with Crippen LogP contribution in [0.5, 0.6) is 0 Å². The molecule has 18 heavy (non-hydrogen) atoms. The maximum Gasteiger partial charge on any atom is 0.243 e. The molecule has 0 aliphatic carbocycles. The zero-order valence-electron chi connectivity index (χ0n) is 10.6. The van der Waals surface area contributed by atoms with Gasteiger partial charge < -0.3 is 5.11 Å². The topological polar surface area (TPSA) is 57.6 Å². The third-order valence-electron chi connectivity index (χ3n) is 2.59. The molecule has 102 valence electrons. The summed E-state index contributed by atoms with van der Waals surface area (Å²) >= 11 is 3.28. The van der Waals surface area contributed by atoms with Gasteiger partial charge in [0, 0.05) is 17.6 Å². The van der Waals surface area contributed by atoms with Crippen LogP contribution in [0, 0.1) is 6.92 Å². The fourth-order valence-corrected chi connectivity index (χ4v) is 3.99. The van der Waals surface area contributed by atoms with Gasteiger partial charge in [-0.05, 0) is 31.0 Å². The Kier molecular flexibility index (Phi) is 5.78. The van der Waals surface area contributed by atoms with Gasteiger partial charge in [0.15, 0.2) is 0 Å². The van der Waals surface area contributed by atoms with Crippen molar-refractivity contribution in [1.82, 2.24) is 4.31 Å². The van der Waals surface area contributed by atoms with E-state index in [1.54, 1.807) is 19.1 Å². The van der Waals surface area contributed by atoms with Crippen LogP contribution < -0.4 is 0 Å². The van der Waals surface area contributed by atoms with Gasteiger partial charge in [-0.25, -0.2) is 8.42 Å². The Morgan fingerprint density at radius 1 is 1.33 bits per heavy atom. The van der Waals surface area contributed by atoms with Crippen LogP contribution in [0.3, 0.4) is 0 Å². The number of aryl methyl sites for hydroxylation is 1. The fraction of sp³-hybridized carbons (Fsp3) is 0.500. The summed E-state index contributed by atoms with van der Waals surface area (Å²) in [6, 6.07) is 5.18. The van der Waals surface area contributed by atoms with Crippen molar-refractivity contribution in [3.05, 3.63) is 28.2 Å². The van der Waals surface area contributed by atoms with Crippen molar-refractivity contribution >= 4 is 26.0 Å². The maximum absolute atomic E-state index is 12.5. The Hall–Kier alpha value is -0.430. The van der Waals surface area contributed by atoms with Crippen LogP contribution in [0.25, 0.3) is 0 Å². The molecule has 4 nitrogen and oxygen atoms in total. The number of hydrogen-bond donors (Lipinski definition) is 1. The van der Waals surface area contributed by atoms with Gasteiger partial charge in [0.1, 0.15) is 0 Å². The summed E-state index contributed by atoms with van der Waals surface area (Å²) in [5.74, 6) is 0. The number of hydrogen-bond acceptors (Lipinski definition) is 3. The first-order valence-corrected chi connectivity index (χ1v) is 8.04. The molecule has 0 unspecified atom stereocenters. The summed E-state index contributed by atoms with van der Waals surface area (Å²) < 4.78 is 27.0. The summed E-state index contributed by atoms with van der Waals surface area (Å²) in [5.41, 5.74) is 0.706. The molecule has 0 aliphatic heterocycles. The lowest BCUT2D eigenvalue weighted by Gasteiger charge is -2.21. The highest BCUT2D eigenvalue weighted by molar-refractivity contribution is 9.10. The van der Waals surface area contributed by atoms with Crippen molar-refractivity contribution in [3.63, 3.8) is 0 Å². The lowest BCUT2D eigenvalue weighted by Crippen LogP contribution is -2.34. The van der Waals surface area contributed by atoms with Crippen LogP contribution in [0.15, 0.2) is 27.6 Å². The van der Waals surface area contributed by atoms with E-state index in [9.17, 15) is 8.42 Å². The zero-order valence-corrected chi connectivity index (χ0v) is 13.0. The number of rotatable bonds is 6. The van der Waals surface area contributed by atoms with Crippen LogP contribution in [0.1, 0.15) is 18.9 Å². The van der Waals surface area contributed by atoms with E-state index < -0.39 is 10.0 Å². The largest absolute Gasteiger partial charge is 0.395 e. The van der Waals surface area contributed by atoms with Crippen molar-refractivity contribution in [2.75, 3.05) is 19.7 Å². The highest BCUT2D eigenvalue weighted by atomic mass is 79.9. The van der Waals surface area contributed by atoms with Gasteiger partial charge in [-0.15, -0.1) is 0 Å². The van der Waals surface area contributed by atoms with Crippen molar-refractivity contribution in [2.45, 2.75) is 25.2 Å². The minimum absolute atomic E-state index is 0.127. The maximum atomic E-state index is 12.5. The lowest BCUT2D eigenvalue weighted by atomic mass is 10.2. The summed E-state index contributed by atoms with van der Waals surface area (Å²) in [4.78, 5) is 0.291. The third kappa shape index (κ3) is 3.54. The molecular weight excluding hydrogens is 318 g/mol. The van der Waals surface area contributed by atoms with Crippen LogP contribution >= 0.6 is 15.9 Å². The van der Waals surface area contributed by atoms with Crippen molar-refractivity contribution in [1.29, 1.82) is 0 Å². The number of benzene rings is 1. The average Bonchev–Trinajstić information content (AvgIpc) is 2.32. The molecule has 6 heteroatoms. The van der Waals surface area contributed by atoms with E-state index in [4.69, 9.17) is 5.11 Å². The van der Waals surface area contributed by atoms with E-state index in [-0.39, 0.29) is 13.2 Å². The highest BCUT2D eigenvalue weighted by Gasteiger charge is 2.25. The molecule has 0 radical (unpaired) electrons. The van der Waals surface area contributed by atoms with Gasteiger partial charge in [-0.3, -0.25) is 0 Å². The molecule has 1 aromatic carbocycles. The van der Waals surface area contributed by atoms with E-state index in [0.717, 1.165) is 4.47 Å². The van der Waals surface area contributed by atoms with E-state index in [1.165, 1.54) is 4.31 Å². The van der Waals surface area contributed by atoms with Crippen LogP contribution in [-0.4, -0.2) is 37.5 Å². The van der Waals surface area contributed by atoms with E-state index in [0.29, 0.717) is 23.4 Å². The quantitative estimate of drug-likeness (QED) is 0.866. The van der Waals surface area contributed by atoms with E-state index >= 15 is 0 Å². The van der Waals surface area contributed by atoms with Gasteiger partial charge in [-0.1, -0.05) is 28.9 Å². The first-order valence-electron chi connectivity index (χ1n) is 5.80. The lowest BCUT2D eigenvalue weighted by molar-refractivity contribution is 0.253. The summed E-state index contributed by atoms with van der Waals surface area (Å²) in [6.07, 6.45) is 0.715. The van der Waals surface area contributed by atoms with Crippen molar-refractivity contribution < 1.29 is 13.5 Å². The second-order valence-electron chi connectivity index (χ2n) is 4.04. The summed E-state index contributed by atoms with van der Waals surface area (Å²) in [5, 5.41) is 8.98. The van der Waals surface area contributed by atoms with Crippen LogP contribution in [-0.2, 0) is 10.0 Å². The molecule has 1 N–H and O–H groups in total. The second kappa shape index (κ2) is 6.65. The Labute approximate surface area is 117 Å². The smallest absolute Gasteiger partial charge is 0.243 e. The van der Waals surface area contributed by atoms with Crippen molar-refractivity contribution in [2.24, 2.45) is 0 Å². The van der Waals surface area contributed by atoms with Gasteiger partial charge in [0.05, 0.1) is 11.5 Å². The molecule has 0 saturated heterocycles. The second-order valence-corrected chi connectivity index (χ2v) is 6.86. The molecule has 0 aromatic heterocycles. The minimum Gasteiger partial charge on any atom is -0.395 e. The Morgan fingerprint density at radius 2 is 2.00 bits per heavy atom. The molecule has 0 spiro atoms. The predicted octanol–water partition coefficient (Wildman–Crippen LogP) is 2.15. The highest BCUT2D eigenvalue weighted by Crippen LogP contribution is 2.23. The number of aliphatic hydroxyl groups is 1. The molecule has 0 aliphatic rings. The molecule has 0 bridgehead atoms.